The summed E-state index contributed by atoms with van der Waals surface area (Å²) in [5.74, 6) is 2.14. The van der Waals surface area contributed by atoms with Crippen LogP contribution in [0.4, 0.5) is 0 Å². The lowest BCUT2D eigenvalue weighted by Crippen LogP contribution is -2.41. The lowest BCUT2D eigenvalue weighted by molar-refractivity contribution is 0.102. The molecule has 2 aromatic rings. The molecule has 4 heteroatoms. The Hall–Kier alpha value is -3.40. The van der Waals surface area contributed by atoms with Gasteiger partial charge in [0.05, 0.1) is 0 Å². The molecule has 0 radical (unpaired) electrons. The molecule has 0 saturated carbocycles. The summed E-state index contributed by atoms with van der Waals surface area (Å²) in [4.78, 5) is 0. The molecule has 2 unspecified atom stereocenters. The van der Waals surface area contributed by atoms with Crippen LogP contribution in [0.1, 0.15) is 204 Å². The zero-order valence-corrected chi connectivity index (χ0v) is 41.5. The zero-order valence-electron chi connectivity index (χ0n) is 41.5. The normalized spacial score (nSPS) is 21.4. The van der Waals surface area contributed by atoms with Crippen molar-refractivity contribution in [2.45, 2.75) is 199 Å². The molecule has 0 fully saturated rings. The Kier molecular flexibility index (Phi) is 14.2. The van der Waals surface area contributed by atoms with Crippen LogP contribution < -0.4 is 0 Å². The summed E-state index contributed by atoms with van der Waals surface area (Å²) in [6, 6.07) is 8.63. The Labute approximate surface area is 362 Å². The number of hydrogen-bond donors (Lipinski definition) is 4. The van der Waals surface area contributed by atoms with Crippen molar-refractivity contribution in [3.05, 3.63) is 105 Å². The van der Waals surface area contributed by atoms with Crippen molar-refractivity contribution in [2.24, 2.45) is 27.6 Å². The number of phenolic OH excluding ortho intramolecular Hbond substituents is 2. The van der Waals surface area contributed by atoms with E-state index in [1.807, 2.05) is 12.2 Å². The Morgan fingerprint density at radius 1 is 0.475 bits per heavy atom. The predicted molar refractivity (Wildman–Crippen MR) is 254 cm³/mol. The summed E-state index contributed by atoms with van der Waals surface area (Å²) in [7, 11) is 0. The zero-order chi connectivity index (χ0) is 45.7. The highest BCUT2D eigenvalue weighted by Gasteiger charge is 2.46. The van der Waals surface area contributed by atoms with Gasteiger partial charge in [-0.15, -0.1) is 0 Å². The lowest BCUT2D eigenvalue weighted by Gasteiger charge is -2.49. The van der Waals surface area contributed by atoms with Crippen LogP contribution in [0.25, 0.3) is 0 Å². The minimum atomic E-state index is -0.151. The molecule has 2 aromatic carbocycles. The van der Waals surface area contributed by atoms with Crippen molar-refractivity contribution < 1.29 is 20.4 Å². The number of aliphatic hydroxyl groups is 2. The highest BCUT2D eigenvalue weighted by Crippen LogP contribution is 2.56. The molecule has 0 heterocycles. The molecule has 2 aliphatic carbocycles. The van der Waals surface area contributed by atoms with Crippen LogP contribution in [-0.2, 0) is 28.1 Å². The number of phenols is 2. The second kappa shape index (κ2) is 16.8. The molecular formula is C55H86O4. The smallest absolute Gasteiger partial charge is 0.123 e. The molecular weight excluding hydrogens is 725 g/mol. The first kappa shape index (κ1) is 50.0. The molecule has 0 aromatic heterocycles. The van der Waals surface area contributed by atoms with E-state index in [0.29, 0.717) is 28.9 Å². The highest BCUT2D eigenvalue weighted by atomic mass is 16.3. The first-order valence-corrected chi connectivity index (χ1v) is 22.4. The Morgan fingerprint density at radius 2 is 0.746 bits per heavy atom. The van der Waals surface area contributed by atoms with E-state index >= 15 is 0 Å². The van der Waals surface area contributed by atoms with Crippen LogP contribution in [0.3, 0.4) is 0 Å². The Bertz CT molecular complexity index is 1750. The van der Waals surface area contributed by atoms with Crippen molar-refractivity contribution in [3.63, 3.8) is 0 Å². The maximum absolute atomic E-state index is 11.1. The van der Waals surface area contributed by atoms with Gasteiger partial charge >= 0.3 is 0 Å². The summed E-state index contributed by atoms with van der Waals surface area (Å²) in [6.07, 6.45) is 13.5. The van der Waals surface area contributed by atoms with E-state index in [1.54, 1.807) is 0 Å². The Balaban J connectivity index is 0.000000317. The van der Waals surface area contributed by atoms with Gasteiger partial charge in [0.25, 0.3) is 0 Å². The molecule has 59 heavy (non-hydrogen) atoms. The van der Waals surface area contributed by atoms with Crippen LogP contribution in [0.2, 0.25) is 0 Å². The topological polar surface area (TPSA) is 80.9 Å². The fourth-order valence-electron chi connectivity index (χ4n) is 9.28. The van der Waals surface area contributed by atoms with Gasteiger partial charge in [0.1, 0.15) is 23.0 Å². The summed E-state index contributed by atoms with van der Waals surface area (Å²) in [5, 5.41) is 43.2. The van der Waals surface area contributed by atoms with Crippen molar-refractivity contribution in [3.8, 4) is 11.5 Å². The van der Waals surface area contributed by atoms with Gasteiger partial charge in [0.15, 0.2) is 0 Å². The number of hydrogen-bond acceptors (Lipinski definition) is 4. The van der Waals surface area contributed by atoms with E-state index < -0.39 is 0 Å². The SMILES string of the molecule is CC(C)(C)c1cc(Cc2cc(C(C)(C)C)c(O)c(C(C)(C)C)c2)cc(C(C)(C)C)c1O.CCCC(C1(C)C=C(C(C)(C)C)C(O)=CC1)C1(C)C=C(C(C)(C)C)C(O)=CC1. The summed E-state index contributed by atoms with van der Waals surface area (Å²) in [5.41, 5.74) is 7.61. The number of benzene rings is 2. The van der Waals surface area contributed by atoms with E-state index in [1.165, 1.54) is 11.1 Å². The molecule has 0 bridgehead atoms. The Morgan fingerprint density at radius 3 is 0.966 bits per heavy atom. The van der Waals surface area contributed by atoms with Crippen molar-refractivity contribution in [1.82, 2.24) is 0 Å². The van der Waals surface area contributed by atoms with Crippen LogP contribution in [0.15, 0.2) is 71.2 Å². The van der Waals surface area contributed by atoms with Gasteiger partial charge in [-0.1, -0.05) is 188 Å². The van der Waals surface area contributed by atoms with Gasteiger partial charge < -0.3 is 20.4 Å². The van der Waals surface area contributed by atoms with E-state index in [-0.39, 0.29) is 43.3 Å². The van der Waals surface area contributed by atoms with Gasteiger partial charge in [0, 0.05) is 0 Å². The molecule has 2 atom stereocenters. The molecule has 0 saturated heterocycles. The van der Waals surface area contributed by atoms with E-state index in [2.05, 4.69) is 182 Å². The van der Waals surface area contributed by atoms with Crippen molar-refractivity contribution >= 4 is 0 Å². The van der Waals surface area contributed by atoms with Gasteiger partial charge in [0.2, 0.25) is 0 Å². The maximum Gasteiger partial charge on any atom is 0.123 e. The van der Waals surface area contributed by atoms with Gasteiger partial charge in [-0.2, -0.15) is 0 Å². The quantitative estimate of drug-likeness (QED) is 0.234. The number of rotatable bonds is 6. The monoisotopic (exact) mass is 811 g/mol. The molecule has 0 amide bonds. The molecule has 0 aliphatic heterocycles. The summed E-state index contributed by atoms with van der Waals surface area (Å²) < 4.78 is 0. The van der Waals surface area contributed by atoms with Crippen molar-refractivity contribution in [1.29, 1.82) is 0 Å². The van der Waals surface area contributed by atoms with E-state index in [0.717, 1.165) is 65.5 Å². The van der Waals surface area contributed by atoms with Crippen LogP contribution in [0, 0.1) is 27.6 Å². The minimum absolute atomic E-state index is 0.0279. The summed E-state index contributed by atoms with van der Waals surface area (Å²) in [6.45, 7) is 45.8. The molecule has 4 nitrogen and oxygen atoms in total. The minimum Gasteiger partial charge on any atom is -0.508 e. The maximum atomic E-state index is 11.1. The molecule has 4 N–H and O–H groups in total. The molecule has 0 spiro atoms. The average Bonchev–Trinajstić information content (AvgIpc) is 3.04. The second-order valence-electron chi connectivity index (χ2n) is 24.8. The predicted octanol–water partition coefficient (Wildman–Crippen LogP) is 15.9. The average molecular weight is 811 g/mol. The van der Waals surface area contributed by atoms with Gasteiger partial charge in [-0.3, -0.25) is 0 Å². The van der Waals surface area contributed by atoms with E-state index in [4.69, 9.17) is 0 Å². The molecule has 330 valence electrons. The van der Waals surface area contributed by atoms with Crippen molar-refractivity contribution in [2.75, 3.05) is 0 Å². The van der Waals surface area contributed by atoms with Crippen LogP contribution >= 0.6 is 0 Å². The van der Waals surface area contributed by atoms with Crippen LogP contribution in [-0.4, -0.2) is 20.4 Å². The number of aliphatic hydroxyl groups excluding tert-OH is 2. The fraction of sp³-hybridized carbons (Fsp3) is 0.636. The van der Waals surface area contributed by atoms with Gasteiger partial charge in [-0.05, 0) is 132 Å². The highest BCUT2D eigenvalue weighted by molar-refractivity contribution is 5.54. The summed E-state index contributed by atoms with van der Waals surface area (Å²) >= 11 is 0. The third-order valence-electron chi connectivity index (χ3n) is 12.7. The van der Waals surface area contributed by atoms with Gasteiger partial charge in [-0.25, -0.2) is 0 Å². The first-order valence-electron chi connectivity index (χ1n) is 22.4. The molecule has 4 rings (SSSR count). The number of aromatic hydroxyl groups is 2. The lowest BCUT2D eigenvalue weighted by atomic mass is 9.55. The standard InChI is InChI=1S/C29H44O2.C26H42O2/c1-26(2,3)20-14-18(15-21(24(20)30)27(4,5)6)13-19-16-22(28(7,8)9)25(31)23(17-19)29(10,11)12;1-10-11-22(25(8)14-12-20(27)18(16-25)23(2,3)4)26(9)15-13-21(28)19(17-26)24(5,6)7/h14-17,30-31H,13H2,1-12H3;12-13,16-17,22,27-28H,10-11,14-15H2,1-9H3. The number of allylic oxidation sites excluding steroid dienone is 6. The second-order valence-corrected chi connectivity index (χ2v) is 24.8. The largest absolute Gasteiger partial charge is 0.508 e. The van der Waals surface area contributed by atoms with E-state index in [9.17, 15) is 20.4 Å². The molecule has 2 aliphatic rings. The van der Waals surface area contributed by atoms with Crippen LogP contribution in [0.5, 0.6) is 11.5 Å². The fourth-order valence-corrected chi connectivity index (χ4v) is 9.28. The first-order chi connectivity index (χ1) is 26.4. The third kappa shape index (κ3) is 11.7. The third-order valence-corrected chi connectivity index (χ3v) is 12.7.